The summed E-state index contributed by atoms with van der Waals surface area (Å²) in [5, 5.41) is 3.42. The lowest BCUT2D eigenvalue weighted by molar-refractivity contribution is 0.104. The number of ether oxygens (including phenoxy) is 1. The van der Waals surface area contributed by atoms with Gasteiger partial charge in [0.2, 0.25) is 0 Å². The standard InChI is InChI=1S/C12H18N2O/c1-2-12(15-9-1)5-8-14-10-11-3-6-13-7-4-11/h3-4,6-7,12,14H,1-2,5,8-10H2/t12-/m1/s1. The summed E-state index contributed by atoms with van der Waals surface area (Å²) in [6, 6.07) is 4.08. The number of aromatic nitrogens is 1. The van der Waals surface area contributed by atoms with E-state index in [0.29, 0.717) is 6.10 Å². The van der Waals surface area contributed by atoms with Gasteiger partial charge >= 0.3 is 0 Å². The summed E-state index contributed by atoms with van der Waals surface area (Å²) < 4.78 is 5.56. The minimum absolute atomic E-state index is 0.495. The van der Waals surface area contributed by atoms with Crippen LogP contribution in [0.4, 0.5) is 0 Å². The van der Waals surface area contributed by atoms with Gasteiger partial charge in [0, 0.05) is 25.5 Å². The molecule has 15 heavy (non-hydrogen) atoms. The molecule has 1 N–H and O–H groups in total. The fraction of sp³-hybridized carbons (Fsp3) is 0.583. The van der Waals surface area contributed by atoms with Crippen LogP contribution < -0.4 is 5.32 Å². The van der Waals surface area contributed by atoms with E-state index in [-0.39, 0.29) is 0 Å². The Labute approximate surface area is 90.9 Å². The van der Waals surface area contributed by atoms with E-state index >= 15 is 0 Å². The lowest BCUT2D eigenvalue weighted by Gasteiger charge is -2.09. The van der Waals surface area contributed by atoms with Gasteiger partial charge in [-0.05, 0) is 43.5 Å². The topological polar surface area (TPSA) is 34.1 Å². The summed E-state index contributed by atoms with van der Waals surface area (Å²) in [7, 11) is 0. The van der Waals surface area contributed by atoms with Crippen LogP contribution in [0, 0.1) is 0 Å². The van der Waals surface area contributed by atoms with Gasteiger partial charge in [0.25, 0.3) is 0 Å². The molecule has 1 aliphatic rings. The molecule has 0 bridgehead atoms. The van der Waals surface area contributed by atoms with Gasteiger partial charge in [-0.15, -0.1) is 0 Å². The minimum atomic E-state index is 0.495. The van der Waals surface area contributed by atoms with Gasteiger partial charge in [-0.1, -0.05) is 0 Å². The lowest BCUT2D eigenvalue weighted by atomic mass is 10.2. The highest BCUT2D eigenvalue weighted by Crippen LogP contribution is 2.14. The van der Waals surface area contributed by atoms with Gasteiger partial charge in [0.05, 0.1) is 6.10 Å². The second-order valence-electron chi connectivity index (χ2n) is 3.96. The molecular weight excluding hydrogens is 188 g/mol. The van der Waals surface area contributed by atoms with Gasteiger partial charge in [0.15, 0.2) is 0 Å². The van der Waals surface area contributed by atoms with E-state index in [2.05, 4.69) is 10.3 Å². The zero-order valence-corrected chi connectivity index (χ0v) is 8.98. The molecule has 0 radical (unpaired) electrons. The van der Waals surface area contributed by atoms with Crippen molar-refractivity contribution in [3.8, 4) is 0 Å². The fourth-order valence-electron chi connectivity index (χ4n) is 1.87. The summed E-state index contributed by atoms with van der Waals surface area (Å²) in [4.78, 5) is 3.99. The van der Waals surface area contributed by atoms with Crippen molar-refractivity contribution in [1.29, 1.82) is 0 Å². The predicted octanol–water partition coefficient (Wildman–Crippen LogP) is 1.74. The summed E-state index contributed by atoms with van der Waals surface area (Å²) in [5.74, 6) is 0. The van der Waals surface area contributed by atoms with E-state index in [4.69, 9.17) is 4.74 Å². The highest BCUT2D eigenvalue weighted by molar-refractivity contribution is 5.08. The molecule has 0 unspecified atom stereocenters. The smallest absolute Gasteiger partial charge is 0.0588 e. The predicted molar refractivity (Wildman–Crippen MR) is 59.5 cm³/mol. The van der Waals surface area contributed by atoms with E-state index < -0.39 is 0 Å². The molecule has 1 aromatic heterocycles. The summed E-state index contributed by atoms with van der Waals surface area (Å²) in [6.45, 7) is 2.91. The maximum Gasteiger partial charge on any atom is 0.0588 e. The van der Waals surface area contributed by atoms with Crippen molar-refractivity contribution in [3.05, 3.63) is 30.1 Å². The molecule has 3 heteroatoms. The molecule has 0 aliphatic carbocycles. The number of hydrogen-bond donors (Lipinski definition) is 1. The first kappa shape index (κ1) is 10.6. The molecule has 3 nitrogen and oxygen atoms in total. The Morgan fingerprint density at radius 3 is 3.00 bits per heavy atom. The van der Waals surface area contributed by atoms with E-state index in [0.717, 1.165) is 26.1 Å². The Morgan fingerprint density at radius 1 is 1.40 bits per heavy atom. The van der Waals surface area contributed by atoms with Crippen LogP contribution in [0.1, 0.15) is 24.8 Å². The number of nitrogens with zero attached hydrogens (tertiary/aromatic N) is 1. The van der Waals surface area contributed by atoms with Crippen molar-refractivity contribution in [2.75, 3.05) is 13.2 Å². The Kier molecular flexibility index (Phi) is 4.11. The highest BCUT2D eigenvalue weighted by Gasteiger charge is 2.14. The Balaban J connectivity index is 1.59. The second kappa shape index (κ2) is 5.83. The maximum absolute atomic E-state index is 5.56. The molecule has 2 rings (SSSR count). The number of rotatable bonds is 5. The van der Waals surface area contributed by atoms with Gasteiger partial charge in [-0.2, -0.15) is 0 Å². The Bertz CT molecular complexity index is 270. The largest absolute Gasteiger partial charge is 0.378 e. The normalized spacial score (nSPS) is 20.7. The molecule has 1 atom stereocenters. The molecule has 0 aromatic carbocycles. The third kappa shape index (κ3) is 3.61. The molecule has 0 amide bonds. The first-order valence-corrected chi connectivity index (χ1v) is 5.66. The van der Waals surface area contributed by atoms with Gasteiger partial charge in [0.1, 0.15) is 0 Å². The molecule has 82 valence electrons. The summed E-state index contributed by atoms with van der Waals surface area (Å²) >= 11 is 0. The molecule has 1 aliphatic heterocycles. The monoisotopic (exact) mass is 206 g/mol. The molecule has 2 heterocycles. The van der Waals surface area contributed by atoms with Crippen molar-refractivity contribution in [2.45, 2.75) is 31.9 Å². The molecule has 0 saturated carbocycles. The van der Waals surface area contributed by atoms with Crippen molar-refractivity contribution in [1.82, 2.24) is 10.3 Å². The van der Waals surface area contributed by atoms with Gasteiger partial charge < -0.3 is 10.1 Å². The second-order valence-corrected chi connectivity index (χ2v) is 3.96. The molecule has 0 spiro atoms. The average Bonchev–Trinajstić information content (AvgIpc) is 2.79. The van der Waals surface area contributed by atoms with E-state index in [1.54, 1.807) is 0 Å². The zero-order valence-electron chi connectivity index (χ0n) is 8.98. The number of hydrogen-bond acceptors (Lipinski definition) is 3. The van der Waals surface area contributed by atoms with Crippen molar-refractivity contribution < 1.29 is 4.74 Å². The Morgan fingerprint density at radius 2 is 2.27 bits per heavy atom. The van der Waals surface area contributed by atoms with Crippen LogP contribution in [0.15, 0.2) is 24.5 Å². The van der Waals surface area contributed by atoms with E-state index in [9.17, 15) is 0 Å². The van der Waals surface area contributed by atoms with Crippen molar-refractivity contribution >= 4 is 0 Å². The lowest BCUT2D eigenvalue weighted by Crippen LogP contribution is -2.19. The summed E-state index contributed by atoms with van der Waals surface area (Å²) in [6.07, 6.45) is 7.75. The number of nitrogens with one attached hydrogen (secondary N) is 1. The molecular formula is C12H18N2O. The minimum Gasteiger partial charge on any atom is -0.378 e. The molecule has 1 aromatic rings. The SMILES string of the molecule is c1cc(CNCC[C@H]2CCCO2)ccn1. The Hall–Kier alpha value is -0.930. The zero-order chi connectivity index (χ0) is 10.3. The first-order chi connectivity index (χ1) is 7.45. The van der Waals surface area contributed by atoms with Crippen LogP contribution >= 0.6 is 0 Å². The highest BCUT2D eigenvalue weighted by atomic mass is 16.5. The number of pyridine rings is 1. The third-order valence-electron chi connectivity index (χ3n) is 2.75. The summed E-state index contributed by atoms with van der Waals surface area (Å²) in [5.41, 5.74) is 1.29. The average molecular weight is 206 g/mol. The molecule has 1 fully saturated rings. The first-order valence-electron chi connectivity index (χ1n) is 5.66. The van der Waals surface area contributed by atoms with Gasteiger partial charge in [-0.25, -0.2) is 0 Å². The van der Waals surface area contributed by atoms with Crippen LogP contribution in [0.2, 0.25) is 0 Å². The van der Waals surface area contributed by atoms with Crippen molar-refractivity contribution in [3.63, 3.8) is 0 Å². The van der Waals surface area contributed by atoms with Crippen LogP contribution in [0.3, 0.4) is 0 Å². The van der Waals surface area contributed by atoms with E-state index in [1.807, 2.05) is 24.5 Å². The van der Waals surface area contributed by atoms with Crippen LogP contribution in [0.5, 0.6) is 0 Å². The maximum atomic E-state index is 5.56. The van der Waals surface area contributed by atoms with Crippen LogP contribution in [-0.4, -0.2) is 24.2 Å². The quantitative estimate of drug-likeness (QED) is 0.745. The van der Waals surface area contributed by atoms with Crippen LogP contribution in [0.25, 0.3) is 0 Å². The van der Waals surface area contributed by atoms with Gasteiger partial charge in [-0.3, -0.25) is 4.98 Å². The third-order valence-corrected chi connectivity index (χ3v) is 2.75. The van der Waals surface area contributed by atoms with E-state index in [1.165, 1.54) is 18.4 Å². The van der Waals surface area contributed by atoms with Crippen LogP contribution in [-0.2, 0) is 11.3 Å². The van der Waals surface area contributed by atoms with Crippen molar-refractivity contribution in [2.24, 2.45) is 0 Å². The molecule has 1 saturated heterocycles. The fourth-order valence-corrected chi connectivity index (χ4v) is 1.87.